The average Bonchev–Trinajstić information content (AvgIpc) is 2.81. The van der Waals surface area contributed by atoms with Gasteiger partial charge < -0.3 is 24.5 Å². The van der Waals surface area contributed by atoms with Gasteiger partial charge in [0.1, 0.15) is 11.3 Å². The quantitative estimate of drug-likeness (QED) is 0.646. The number of nitrogens with zero attached hydrogens (tertiary/aromatic N) is 1. The molecule has 2 fully saturated rings. The summed E-state index contributed by atoms with van der Waals surface area (Å²) in [5.74, 6) is 0.0182. The summed E-state index contributed by atoms with van der Waals surface area (Å²) >= 11 is 0. The van der Waals surface area contributed by atoms with E-state index in [-0.39, 0.29) is 25.0 Å². The lowest BCUT2D eigenvalue weighted by Gasteiger charge is -2.47. The van der Waals surface area contributed by atoms with Crippen LogP contribution in [0, 0.1) is 12.8 Å². The number of likely N-dealkylation sites (tertiary alicyclic amines) is 1. The highest BCUT2D eigenvalue weighted by Gasteiger charge is 2.43. The molecule has 0 bridgehead atoms. The Morgan fingerprint density at radius 1 is 1.30 bits per heavy atom. The van der Waals surface area contributed by atoms with E-state index in [9.17, 15) is 19.5 Å². The SMILES string of the molecule is CCc1cc(=O)oc2c(C)c(OCC(=O)NCC(=O)N3CC[C@]4(O)CCCC[C@H]4C3)ccc12. The van der Waals surface area contributed by atoms with E-state index >= 15 is 0 Å². The van der Waals surface area contributed by atoms with Gasteiger partial charge in [0.05, 0.1) is 12.1 Å². The third kappa shape index (κ3) is 4.90. The van der Waals surface area contributed by atoms with Crippen LogP contribution in [-0.4, -0.2) is 53.7 Å². The highest BCUT2D eigenvalue weighted by atomic mass is 16.5. The normalized spacial score (nSPS) is 22.6. The van der Waals surface area contributed by atoms with Crippen LogP contribution in [0.3, 0.4) is 0 Å². The Hall–Kier alpha value is -2.87. The number of hydrogen-bond acceptors (Lipinski definition) is 6. The van der Waals surface area contributed by atoms with Crippen LogP contribution in [0.15, 0.2) is 27.4 Å². The molecule has 2 aromatic rings. The number of aryl methyl sites for hydroxylation is 2. The molecule has 0 spiro atoms. The molecule has 0 unspecified atom stereocenters. The fraction of sp³-hybridized carbons (Fsp3) is 0.560. The topological polar surface area (TPSA) is 109 Å². The second-order valence-corrected chi connectivity index (χ2v) is 9.21. The van der Waals surface area contributed by atoms with Crippen LogP contribution < -0.4 is 15.7 Å². The first kappa shape index (κ1) is 23.3. The van der Waals surface area contributed by atoms with Gasteiger partial charge in [0.2, 0.25) is 5.91 Å². The first-order valence-corrected chi connectivity index (χ1v) is 11.8. The van der Waals surface area contributed by atoms with Crippen molar-refractivity contribution in [1.82, 2.24) is 10.2 Å². The molecule has 1 aliphatic carbocycles. The predicted molar refractivity (Wildman–Crippen MR) is 123 cm³/mol. The van der Waals surface area contributed by atoms with E-state index in [0.29, 0.717) is 42.8 Å². The van der Waals surface area contributed by atoms with Crippen molar-refractivity contribution in [3.63, 3.8) is 0 Å². The molecule has 8 heteroatoms. The molecular weight excluding hydrogens is 424 g/mol. The second kappa shape index (κ2) is 9.55. The molecule has 1 aliphatic heterocycles. The Kier molecular flexibility index (Phi) is 6.74. The minimum atomic E-state index is -0.638. The van der Waals surface area contributed by atoms with Crippen LogP contribution in [0.2, 0.25) is 0 Å². The molecule has 1 aromatic heterocycles. The summed E-state index contributed by atoms with van der Waals surface area (Å²) in [7, 11) is 0. The first-order chi connectivity index (χ1) is 15.8. The minimum Gasteiger partial charge on any atom is -0.483 e. The zero-order valence-corrected chi connectivity index (χ0v) is 19.3. The van der Waals surface area contributed by atoms with E-state index in [1.165, 1.54) is 6.07 Å². The molecule has 1 saturated carbocycles. The van der Waals surface area contributed by atoms with Crippen molar-refractivity contribution >= 4 is 22.8 Å². The maximum absolute atomic E-state index is 12.6. The average molecular weight is 457 g/mol. The van der Waals surface area contributed by atoms with E-state index in [4.69, 9.17) is 9.15 Å². The number of aliphatic hydroxyl groups is 1. The lowest BCUT2D eigenvalue weighted by atomic mass is 9.71. The highest BCUT2D eigenvalue weighted by Crippen LogP contribution is 2.39. The fourth-order valence-corrected chi connectivity index (χ4v) is 5.13. The molecule has 2 aliphatic rings. The Balaban J connectivity index is 1.31. The van der Waals surface area contributed by atoms with Gasteiger partial charge in [-0.2, -0.15) is 0 Å². The van der Waals surface area contributed by atoms with E-state index in [1.807, 2.05) is 13.0 Å². The number of piperidine rings is 1. The van der Waals surface area contributed by atoms with E-state index in [1.54, 1.807) is 17.9 Å². The summed E-state index contributed by atoms with van der Waals surface area (Å²) in [5.41, 5.74) is 0.954. The molecule has 0 radical (unpaired) electrons. The smallest absolute Gasteiger partial charge is 0.336 e. The summed E-state index contributed by atoms with van der Waals surface area (Å²) in [4.78, 5) is 38.5. The number of fused-ring (bicyclic) bond motifs is 2. The number of carbonyl (C=O) groups excluding carboxylic acids is 2. The zero-order chi connectivity index (χ0) is 23.6. The van der Waals surface area contributed by atoms with Crippen molar-refractivity contribution < 1.29 is 23.8 Å². The molecule has 2 atom stereocenters. The Morgan fingerprint density at radius 3 is 2.91 bits per heavy atom. The van der Waals surface area contributed by atoms with Crippen LogP contribution in [0.4, 0.5) is 0 Å². The van der Waals surface area contributed by atoms with Crippen LogP contribution in [-0.2, 0) is 16.0 Å². The van der Waals surface area contributed by atoms with Gasteiger partial charge in [-0.1, -0.05) is 19.8 Å². The number of amides is 2. The molecule has 4 rings (SSSR count). The lowest BCUT2D eigenvalue weighted by Crippen LogP contribution is -2.56. The van der Waals surface area contributed by atoms with Crippen LogP contribution in [0.5, 0.6) is 5.75 Å². The summed E-state index contributed by atoms with van der Waals surface area (Å²) in [5, 5.41) is 14.2. The highest BCUT2D eigenvalue weighted by molar-refractivity contribution is 5.86. The maximum Gasteiger partial charge on any atom is 0.336 e. The van der Waals surface area contributed by atoms with E-state index in [0.717, 1.165) is 36.6 Å². The number of hydrogen-bond donors (Lipinski definition) is 2. The van der Waals surface area contributed by atoms with E-state index < -0.39 is 17.1 Å². The number of rotatable bonds is 6. The number of ether oxygens (including phenoxy) is 1. The summed E-state index contributed by atoms with van der Waals surface area (Å²) in [6, 6.07) is 5.07. The van der Waals surface area contributed by atoms with Crippen LogP contribution >= 0.6 is 0 Å². The van der Waals surface area contributed by atoms with E-state index in [2.05, 4.69) is 5.32 Å². The second-order valence-electron chi connectivity index (χ2n) is 9.21. The summed E-state index contributed by atoms with van der Waals surface area (Å²) in [6.07, 6.45) is 5.17. The molecule has 178 valence electrons. The fourth-order valence-electron chi connectivity index (χ4n) is 5.13. The van der Waals surface area contributed by atoms with Gasteiger partial charge in [0.25, 0.3) is 5.91 Å². The Labute approximate surface area is 192 Å². The van der Waals surface area contributed by atoms with Crippen molar-refractivity contribution in [2.24, 2.45) is 5.92 Å². The standard InChI is InChI=1S/C25H32N2O6/c1-3-17-12-23(30)33-24-16(2)20(8-7-19(17)24)32-15-21(28)26-13-22(29)27-11-10-25(31)9-5-4-6-18(25)14-27/h7-8,12,18,31H,3-6,9-11,13-15H2,1-2H3,(H,26,28)/t18-,25+/m0/s1. The number of benzene rings is 1. The van der Waals surface area contributed by atoms with Crippen molar-refractivity contribution in [3.05, 3.63) is 39.7 Å². The van der Waals surface area contributed by atoms with Gasteiger partial charge in [0.15, 0.2) is 6.61 Å². The van der Waals surface area contributed by atoms with Gasteiger partial charge in [0, 0.05) is 36.0 Å². The van der Waals surface area contributed by atoms with Crippen molar-refractivity contribution in [1.29, 1.82) is 0 Å². The van der Waals surface area contributed by atoms with Crippen LogP contribution in [0.25, 0.3) is 11.0 Å². The summed E-state index contributed by atoms with van der Waals surface area (Å²) < 4.78 is 11.0. The van der Waals surface area contributed by atoms with Gasteiger partial charge in [-0.3, -0.25) is 9.59 Å². The van der Waals surface area contributed by atoms with Gasteiger partial charge in [-0.25, -0.2) is 4.79 Å². The van der Waals surface area contributed by atoms with Gasteiger partial charge >= 0.3 is 5.63 Å². The predicted octanol–water partition coefficient (Wildman–Crippen LogP) is 2.31. The largest absolute Gasteiger partial charge is 0.483 e. The van der Waals surface area contributed by atoms with Crippen molar-refractivity contribution in [2.45, 2.75) is 58.0 Å². The minimum absolute atomic E-state index is 0.0984. The van der Waals surface area contributed by atoms with Gasteiger partial charge in [-0.05, 0) is 50.3 Å². The molecule has 1 saturated heterocycles. The monoisotopic (exact) mass is 456 g/mol. The van der Waals surface area contributed by atoms with Crippen LogP contribution in [0.1, 0.15) is 50.2 Å². The third-order valence-electron chi connectivity index (χ3n) is 7.15. The Morgan fingerprint density at radius 2 is 2.12 bits per heavy atom. The maximum atomic E-state index is 12.6. The molecule has 2 amide bonds. The third-order valence-corrected chi connectivity index (χ3v) is 7.15. The number of nitrogens with one attached hydrogen (secondary N) is 1. The number of carbonyl (C=O) groups is 2. The molecular formula is C25H32N2O6. The molecule has 2 N–H and O–H groups in total. The molecule has 33 heavy (non-hydrogen) atoms. The zero-order valence-electron chi connectivity index (χ0n) is 19.3. The van der Waals surface area contributed by atoms with Crippen molar-refractivity contribution in [3.8, 4) is 5.75 Å². The molecule has 8 nitrogen and oxygen atoms in total. The van der Waals surface area contributed by atoms with Crippen molar-refractivity contribution in [2.75, 3.05) is 26.2 Å². The first-order valence-electron chi connectivity index (χ1n) is 11.8. The Bertz CT molecular complexity index is 1110. The molecule has 2 heterocycles. The van der Waals surface area contributed by atoms with Gasteiger partial charge in [-0.15, -0.1) is 0 Å². The molecule has 1 aromatic carbocycles. The summed E-state index contributed by atoms with van der Waals surface area (Å²) in [6.45, 7) is 4.46. The lowest BCUT2D eigenvalue weighted by molar-refractivity contribution is -0.143.